The fourth-order valence-electron chi connectivity index (χ4n) is 2.41. The number of benzene rings is 1. The van der Waals surface area contributed by atoms with E-state index in [1.807, 2.05) is 31.2 Å². The van der Waals surface area contributed by atoms with Gasteiger partial charge in [0.05, 0.1) is 17.9 Å². The van der Waals surface area contributed by atoms with Gasteiger partial charge in [0.1, 0.15) is 11.5 Å². The van der Waals surface area contributed by atoms with Crippen molar-refractivity contribution in [3.8, 4) is 5.75 Å². The van der Waals surface area contributed by atoms with Crippen molar-refractivity contribution in [2.24, 2.45) is 0 Å². The van der Waals surface area contributed by atoms with Crippen molar-refractivity contribution in [1.29, 1.82) is 0 Å². The fraction of sp³-hybridized carbons (Fsp3) is 0.235. The minimum absolute atomic E-state index is 0.229. The van der Waals surface area contributed by atoms with E-state index in [0.29, 0.717) is 24.4 Å². The molecule has 3 rings (SSSR count). The summed E-state index contributed by atoms with van der Waals surface area (Å²) < 4.78 is 10.8. The molecule has 0 fully saturated rings. The number of rotatable bonds is 4. The van der Waals surface area contributed by atoms with Crippen LogP contribution in [-0.2, 0) is 9.53 Å². The molecule has 0 amide bonds. The highest BCUT2D eigenvalue weighted by Gasteiger charge is 2.32. The minimum Gasteiger partial charge on any atom is -0.512 e. The van der Waals surface area contributed by atoms with Crippen LogP contribution >= 0.6 is 0 Å². The van der Waals surface area contributed by atoms with Gasteiger partial charge in [-0.25, -0.2) is 4.79 Å². The highest BCUT2D eigenvalue weighted by Crippen LogP contribution is 2.38. The lowest BCUT2D eigenvalue weighted by molar-refractivity contribution is -0.131. The number of carbonyl (C=O) groups excluding carboxylic acids is 1. The van der Waals surface area contributed by atoms with Crippen LogP contribution in [0, 0.1) is 0 Å². The van der Waals surface area contributed by atoms with Gasteiger partial charge in [0.25, 0.3) is 0 Å². The van der Waals surface area contributed by atoms with Gasteiger partial charge in [0.15, 0.2) is 0 Å². The molecule has 1 heterocycles. The van der Waals surface area contributed by atoms with Crippen molar-refractivity contribution in [3.63, 3.8) is 0 Å². The van der Waals surface area contributed by atoms with E-state index >= 15 is 0 Å². The Bertz CT molecular complexity index is 663. The second-order valence-corrected chi connectivity index (χ2v) is 4.98. The van der Waals surface area contributed by atoms with E-state index in [4.69, 9.17) is 9.47 Å². The van der Waals surface area contributed by atoms with Crippen molar-refractivity contribution >= 4 is 11.5 Å². The Morgan fingerprint density at radius 3 is 2.71 bits per heavy atom. The van der Waals surface area contributed by atoms with Gasteiger partial charge in [-0.15, -0.1) is 0 Å². The van der Waals surface area contributed by atoms with Crippen LogP contribution in [-0.4, -0.2) is 17.7 Å². The third-order valence-electron chi connectivity index (χ3n) is 3.41. The van der Waals surface area contributed by atoms with Crippen LogP contribution in [0.5, 0.6) is 5.75 Å². The lowest BCUT2D eigenvalue weighted by atomic mass is 9.95. The molecule has 2 aliphatic rings. The molecule has 1 aromatic carbocycles. The smallest absolute Gasteiger partial charge is 0.344 e. The molecule has 0 bridgehead atoms. The lowest BCUT2D eigenvalue weighted by Gasteiger charge is -2.09. The van der Waals surface area contributed by atoms with Gasteiger partial charge in [-0.3, -0.25) is 0 Å². The van der Waals surface area contributed by atoms with Crippen molar-refractivity contribution < 1.29 is 19.4 Å². The highest BCUT2D eigenvalue weighted by molar-refractivity contribution is 6.21. The van der Waals surface area contributed by atoms with E-state index in [1.165, 1.54) is 0 Å². The van der Waals surface area contributed by atoms with Crippen molar-refractivity contribution in [2.45, 2.75) is 19.8 Å². The first kappa shape index (κ1) is 13.5. The quantitative estimate of drug-likeness (QED) is 0.859. The summed E-state index contributed by atoms with van der Waals surface area (Å²) >= 11 is 0. The van der Waals surface area contributed by atoms with Gasteiger partial charge >= 0.3 is 5.97 Å². The van der Waals surface area contributed by atoms with Crippen LogP contribution in [0.15, 0.2) is 53.5 Å². The first-order chi connectivity index (χ1) is 10.2. The normalized spacial score (nSPS) is 17.1. The summed E-state index contributed by atoms with van der Waals surface area (Å²) in [6.07, 6.45) is 4.44. The van der Waals surface area contributed by atoms with Gasteiger partial charge in [0, 0.05) is 12.0 Å². The van der Waals surface area contributed by atoms with Gasteiger partial charge in [-0.1, -0.05) is 19.1 Å². The van der Waals surface area contributed by atoms with Gasteiger partial charge in [0.2, 0.25) is 0 Å². The Kier molecular flexibility index (Phi) is 3.52. The number of aliphatic hydroxyl groups excluding tert-OH is 1. The molecule has 0 saturated carbocycles. The van der Waals surface area contributed by atoms with Crippen LogP contribution in [0.2, 0.25) is 0 Å². The molecular formula is C17H16O4. The van der Waals surface area contributed by atoms with E-state index in [0.717, 1.165) is 23.3 Å². The molecule has 0 atom stereocenters. The van der Waals surface area contributed by atoms with Crippen LogP contribution in [0.25, 0.3) is 5.57 Å². The molecule has 4 heteroatoms. The number of aliphatic hydroxyl groups is 1. The predicted octanol–water partition coefficient (Wildman–Crippen LogP) is 3.52. The summed E-state index contributed by atoms with van der Waals surface area (Å²) in [5.74, 6) is 1.16. The summed E-state index contributed by atoms with van der Waals surface area (Å²) in [7, 11) is 0. The number of fused-ring (bicyclic) bond motifs is 1. The van der Waals surface area contributed by atoms with E-state index in [1.54, 1.807) is 12.2 Å². The summed E-state index contributed by atoms with van der Waals surface area (Å²) in [5.41, 5.74) is 2.03. The highest BCUT2D eigenvalue weighted by atomic mass is 16.5. The second-order valence-electron chi connectivity index (χ2n) is 4.98. The number of ether oxygens (including phenoxy) is 2. The summed E-state index contributed by atoms with van der Waals surface area (Å²) in [6.45, 7) is 2.72. The second kappa shape index (κ2) is 5.48. The summed E-state index contributed by atoms with van der Waals surface area (Å²) in [5, 5.41) is 9.64. The Hall–Kier alpha value is -2.49. The third-order valence-corrected chi connectivity index (χ3v) is 3.41. The van der Waals surface area contributed by atoms with E-state index in [-0.39, 0.29) is 11.7 Å². The molecule has 1 aliphatic carbocycles. The maximum Gasteiger partial charge on any atom is 0.344 e. The SMILES string of the molecule is CCCOc1ccc(C2=C3CC(O)=CC=C3OC2=O)cc1. The van der Waals surface area contributed by atoms with Gasteiger partial charge < -0.3 is 14.6 Å². The van der Waals surface area contributed by atoms with Crippen LogP contribution in [0.3, 0.4) is 0 Å². The zero-order valence-corrected chi connectivity index (χ0v) is 11.8. The average Bonchev–Trinajstić information content (AvgIpc) is 2.81. The largest absolute Gasteiger partial charge is 0.512 e. The van der Waals surface area contributed by atoms with Crippen LogP contribution in [0.4, 0.5) is 0 Å². The monoisotopic (exact) mass is 284 g/mol. The molecular weight excluding hydrogens is 268 g/mol. The molecule has 0 saturated heterocycles. The molecule has 0 radical (unpaired) electrons. The Morgan fingerprint density at radius 1 is 1.24 bits per heavy atom. The third kappa shape index (κ3) is 2.57. The number of hydrogen-bond donors (Lipinski definition) is 1. The molecule has 4 nitrogen and oxygen atoms in total. The molecule has 1 aliphatic heterocycles. The molecule has 0 spiro atoms. The molecule has 0 aromatic heterocycles. The first-order valence-corrected chi connectivity index (χ1v) is 6.98. The topological polar surface area (TPSA) is 55.8 Å². The number of carbonyl (C=O) groups is 1. The maximum atomic E-state index is 12.0. The van der Waals surface area contributed by atoms with Crippen LogP contribution in [0.1, 0.15) is 25.3 Å². The zero-order chi connectivity index (χ0) is 14.8. The summed E-state index contributed by atoms with van der Waals surface area (Å²) in [6, 6.07) is 7.36. The standard InChI is InChI=1S/C17H16O4/c1-2-9-20-13-6-3-11(4-7-13)16-14-10-12(18)5-8-15(14)21-17(16)19/h3-8,18H,2,9-10H2,1H3. The Morgan fingerprint density at radius 2 is 2.00 bits per heavy atom. The van der Waals surface area contributed by atoms with Crippen molar-refractivity contribution in [2.75, 3.05) is 6.61 Å². The maximum absolute atomic E-state index is 12.0. The van der Waals surface area contributed by atoms with Crippen LogP contribution < -0.4 is 4.74 Å². The number of esters is 1. The lowest BCUT2D eigenvalue weighted by Crippen LogP contribution is -1.99. The Balaban J connectivity index is 1.92. The predicted molar refractivity (Wildman–Crippen MR) is 78.7 cm³/mol. The summed E-state index contributed by atoms with van der Waals surface area (Å²) in [4.78, 5) is 12.0. The van der Waals surface area contributed by atoms with E-state index in [2.05, 4.69) is 0 Å². The molecule has 21 heavy (non-hydrogen) atoms. The van der Waals surface area contributed by atoms with Gasteiger partial charge in [-0.2, -0.15) is 0 Å². The fourth-order valence-corrected chi connectivity index (χ4v) is 2.41. The molecule has 1 N–H and O–H groups in total. The molecule has 0 unspecified atom stereocenters. The first-order valence-electron chi connectivity index (χ1n) is 6.98. The average molecular weight is 284 g/mol. The molecule has 1 aromatic rings. The number of hydrogen-bond acceptors (Lipinski definition) is 4. The number of allylic oxidation sites excluding steroid dienone is 4. The van der Waals surface area contributed by atoms with E-state index < -0.39 is 0 Å². The van der Waals surface area contributed by atoms with Gasteiger partial charge in [-0.05, 0) is 36.3 Å². The van der Waals surface area contributed by atoms with E-state index in [9.17, 15) is 9.90 Å². The minimum atomic E-state index is -0.374. The molecule has 108 valence electrons. The van der Waals surface area contributed by atoms with Crippen molar-refractivity contribution in [3.05, 3.63) is 59.1 Å². The zero-order valence-electron chi connectivity index (χ0n) is 11.8. The Labute approximate surface area is 123 Å². The van der Waals surface area contributed by atoms with Crippen molar-refractivity contribution in [1.82, 2.24) is 0 Å².